The molecule has 1 heterocycles. The molecule has 0 fully saturated rings. The molecule has 0 unspecified atom stereocenters. The number of H-pyrrole nitrogens is 1. The number of hydrogen-bond acceptors (Lipinski definition) is 2. The molecule has 1 N–H and O–H groups in total. The SMILES string of the molecule is CCCCCCCc1nc(CC)n[nH]1. The standard InChI is InChI=1S/C11H21N3/c1-3-5-6-7-8-9-11-12-10(4-2)13-14-11/h3-9H2,1-2H3,(H,12,13,14). The Kier molecular flexibility index (Phi) is 5.27. The van der Waals surface area contributed by atoms with Crippen LogP contribution in [0.5, 0.6) is 0 Å². The van der Waals surface area contributed by atoms with Crippen molar-refractivity contribution >= 4 is 0 Å². The Morgan fingerprint density at radius 3 is 2.50 bits per heavy atom. The zero-order valence-corrected chi connectivity index (χ0v) is 9.34. The molecule has 1 aromatic heterocycles. The molecule has 80 valence electrons. The van der Waals surface area contributed by atoms with E-state index in [1.165, 1.54) is 32.1 Å². The van der Waals surface area contributed by atoms with Crippen molar-refractivity contribution < 1.29 is 0 Å². The van der Waals surface area contributed by atoms with Crippen LogP contribution in [0.15, 0.2) is 0 Å². The van der Waals surface area contributed by atoms with Crippen LogP contribution in [0.4, 0.5) is 0 Å². The van der Waals surface area contributed by atoms with E-state index in [4.69, 9.17) is 0 Å². The molecule has 0 saturated heterocycles. The molecule has 0 aliphatic heterocycles. The highest BCUT2D eigenvalue weighted by atomic mass is 15.2. The summed E-state index contributed by atoms with van der Waals surface area (Å²) in [5, 5.41) is 7.10. The number of nitrogens with zero attached hydrogens (tertiary/aromatic N) is 2. The van der Waals surface area contributed by atoms with E-state index in [-0.39, 0.29) is 0 Å². The van der Waals surface area contributed by atoms with Crippen LogP contribution in [-0.2, 0) is 12.8 Å². The van der Waals surface area contributed by atoms with E-state index < -0.39 is 0 Å². The van der Waals surface area contributed by atoms with Crippen molar-refractivity contribution in [3.8, 4) is 0 Å². The fraction of sp³-hybridized carbons (Fsp3) is 0.818. The predicted molar refractivity (Wildman–Crippen MR) is 58.2 cm³/mol. The van der Waals surface area contributed by atoms with Crippen molar-refractivity contribution in [1.82, 2.24) is 15.2 Å². The van der Waals surface area contributed by atoms with Crippen molar-refractivity contribution in [3.05, 3.63) is 11.6 Å². The summed E-state index contributed by atoms with van der Waals surface area (Å²) in [4.78, 5) is 4.38. The lowest BCUT2D eigenvalue weighted by Crippen LogP contribution is -1.89. The molecule has 0 saturated carbocycles. The van der Waals surface area contributed by atoms with Crippen LogP contribution >= 0.6 is 0 Å². The van der Waals surface area contributed by atoms with Crippen LogP contribution in [0, 0.1) is 0 Å². The van der Waals surface area contributed by atoms with Crippen LogP contribution in [0.25, 0.3) is 0 Å². The largest absolute Gasteiger partial charge is 0.263 e. The summed E-state index contributed by atoms with van der Waals surface area (Å²) in [6, 6.07) is 0. The fourth-order valence-corrected chi connectivity index (χ4v) is 1.50. The molecular formula is C11H21N3. The molecule has 0 aromatic carbocycles. The highest BCUT2D eigenvalue weighted by molar-refractivity contribution is 4.89. The van der Waals surface area contributed by atoms with E-state index in [0.29, 0.717) is 0 Å². The van der Waals surface area contributed by atoms with E-state index in [1.807, 2.05) is 0 Å². The topological polar surface area (TPSA) is 41.6 Å². The van der Waals surface area contributed by atoms with Crippen LogP contribution in [-0.4, -0.2) is 15.2 Å². The van der Waals surface area contributed by atoms with Gasteiger partial charge in [-0.2, -0.15) is 5.10 Å². The van der Waals surface area contributed by atoms with Gasteiger partial charge in [0, 0.05) is 12.8 Å². The van der Waals surface area contributed by atoms with Gasteiger partial charge in [0.25, 0.3) is 0 Å². The second kappa shape index (κ2) is 6.57. The van der Waals surface area contributed by atoms with Crippen molar-refractivity contribution in [2.45, 2.75) is 58.8 Å². The molecular weight excluding hydrogens is 174 g/mol. The maximum atomic E-state index is 4.38. The second-order valence-electron chi connectivity index (χ2n) is 3.72. The second-order valence-corrected chi connectivity index (χ2v) is 3.72. The van der Waals surface area contributed by atoms with Gasteiger partial charge in [0.2, 0.25) is 0 Å². The van der Waals surface area contributed by atoms with Gasteiger partial charge in [-0.1, -0.05) is 39.5 Å². The molecule has 0 aliphatic carbocycles. The van der Waals surface area contributed by atoms with E-state index in [1.54, 1.807) is 0 Å². The molecule has 3 nitrogen and oxygen atoms in total. The van der Waals surface area contributed by atoms with Crippen LogP contribution < -0.4 is 0 Å². The van der Waals surface area contributed by atoms with Gasteiger partial charge in [-0.3, -0.25) is 5.10 Å². The molecule has 3 heteroatoms. The molecule has 0 spiro atoms. The van der Waals surface area contributed by atoms with E-state index in [9.17, 15) is 0 Å². The summed E-state index contributed by atoms with van der Waals surface area (Å²) in [5.41, 5.74) is 0. The lowest BCUT2D eigenvalue weighted by molar-refractivity contribution is 0.623. The van der Waals surface area contributed by atoms with Gasteiger partial charge >= 0.3 is 0 Å². The van der Waals surface area contributed by atoms with Gasteiger partial charge < -0.3 is 0 Å². The third-order valence-electron chi connectivity index (χ3n) is 2.41. The normalized spacial score (nSPS) is 10.7. The summed E-state index contributed by atoms with van der Waals surface area (Å²) in [5.74, 6) is 1.99. The van der Waals surface area contributed by atoms with E-state index in [2.05, 4.69) is 29.0 Å². The van der Waals surface area contributed by atoms with Gasteiger partial charge in [0.15, 0.2) is 0 Å². The molecule has 0 atom stereocenters. The monoisotopic (exact) mass is 195 g/mol. The minimum absolute atomic E-state index is 0.923. The third kappa shape index (κ3) is 3.90. The summed E-state index contributed by atoms with van der Waals surface area (Å²) < 4.78 is 0. The molecule has 0 amide bonds. The minimum atomic E-state index is 0.923. The Morgan fingerprint density at radius 2 is 1.86 bits per heavy atom. The van der Waals surface area contributed by atoms with Crippen molar-refractivity contribution in [1.29, 1.82) is 0 Å². The third-order valence-corrected chi connectivity index (χ3v) is 2.41. The number of aryl methyl sites for hydroxylation is 2. The number of nitrogens with one attached hydrogen (secondary N) is 1. The molecule has 1 rings (SSSR count). The Hall–Kier alpha value is -0.860. The first-order valence-electron chi connectivity index (χ1n) is 5.77. The first-order chi connectivity index (χ1) is 6.86. The fourth-order valence-electron chi connectivity index (χ4n) is 1.50. The summed E-state index contributed by atoms with van der Waals surface area (Å²) in [6.07, 6.45) is 8.54. The van der Waals surface area contributed by atoms with Crippen LogP contribution in [0.2, 0.25) is 0 Å². The number of rotatable bonds is 7. The van der Waals surface area contributed by atoms with E-state index >= 15 is 0 Å². The minimum Gasteiger partial charge on any atom is -0.263 e. The van der Waals surface area contributed by atoms with Crippen LogP contribution in [0.1, 0.15) is 57.6 Å². The summed E-state index contributed by atoms with van der Waals surface area (Å²) in [7, 11) is 0. The maximum absolute atomic E-state index is 4.38. The Labute approximate surface area is 86.3 Å². The Balaban J connectivity index is 2.12. The first kappa shape index (κ1) is 11.2. The number of unbranched alkanes of at least 4 members (excludes halogenated alkanes) is 4. The lowest BCUT2D eigenvalue weighted by Gasteiger charge is -1.96. The van der Waals surface area contributed by atoms with E-state index in [0.717, 1.165) is 24.5 Å². The highest BCUT2D eigenvalue weighted by Gasteiger charge is 2.00. The van der Waals surface area contributed by atoms with Gasteiger partial charge in [0.05, 0.1) is 0 Å². The lowest BCUT2D eigenvalue weighted by atomic mass is 10.1. The Bertz CT molecular complexity index is 242. The number of hydrogen-bond donors (Lipinski definition) is 1. The number of aromatic amines is 1. The van der Waals surface area contributed by atoms with Crippen LogP contribution in [0.3, 0.4) is 0 Å². The predicted octanol–water partition coefficient (Wildman–Crippen LogP) is 2.88. The first-order valence-corrected chi connectivity index (χ1v) is 5.77. The van der Waals surface area contributed by atoms with Gasteiger partial charge in [-0.15, -0.1) is 0 Å². The smallest absolute Gasteiger partial charge is 0.150 e. The average molecular weight is 195 g/mol. The Morgan fingerprint density at radius 1 is 1.07 bits per heavy atom. The summed E-state index contributed by atoms with van der Waals surface area (Å²) >= 11 is 0. The van der Waals surface area contributed by atoms with Gasteiger partial charge in [0.1, 0.15) is 11.6 Å². The summed E-state index contributed by atoms with van der Waals surface area (Å²) in [6.45, 7) is 4.32. The molecule has 0 aliphatic rings. The highest BCUT2D eigenvalue weighted by Crippen LogP contribution is 2.05. The molecule has 1 aromatic rings. The zero-order chi connectivity index (χ0) is 10.2. The van der Waals surface area contributed by atoms with Crippen molar-refractivity contribution in [2.24, 2.45) is 0 Å². The maximum Gasteiger partial charge on any atom is 0.150 e. The zero-order valence-electron chi connectivity index (χ0n) is 9.34. The number of aromatic nitrogens is 3. The van der Waals surface area contributed by atoms with Crippen molar-refractivity contribution in [2.75, 3.05) is 0 Å². The quantitative estimate of drug-likeness (QED) is 0.680. The van der Waals surface area contributed by atoms with Gasteiger partial charge in [-0.25, -0.2) is 4.98 Å². The molecule has 14 heavy (non-hydrogen) atoms. The average Bonchev–Trinajstić information content (AvgIpc) is 2.65. The molecule has 0 radical (unpaired) electrons. The van der Waals surface area contributed by atoms with Gasteiger partial charge in [-0.05, 0) is 6.42 Å². The molecule has 0 bridgehead atoms. The van der Waals surface area contributed by atoms with Crippen molar-refractivity contribution in [3.63, 3.8) is 0 Å².